The molecule has 1 aromatic rings. The van der Waals surface area contributed by atoms with Gasteiger partial charge in [-0.2, -0.15) is 0 Å². The van der Waals surface area contributed by atoms with E-state index in [1.54, 1.807) is 6.92 Å². The van der Waals surface area contributed by atoms with Gasteiger partial charge in [-0.1, -0.05) is 0 Å². The summed E-state index contributed by atoms with van der Waals surface area (Å²) >= 11 is 0. The van der Waals surface area contributed by atoms with E-state index in [2.05, 4.69) is 10.3 Å². The van der Waals surface area contributed by atoms with E-state index in [0.717, 1.165) is 0 Å². The van der Waals surface area contributed by atoms with Gasteiger partial charge in [0.15, 0.2) is 0 Å². The van der Waals surface area contributed by atoms with Crippen molar-refractivity contribution in [2.24, 2.45) is 0 Å². The molecular formula is C10H12N2O4. The number of hydrogen-bond acceptors (Lipinski definition) is 4. The molecule has 0 saturated carbocycles. The van der Waals surface area contributed by atoms with Crippen LogP contribution in [0.25, 0.3) is 0 Å². The average Bonchev–Trinajstić information content (AvgIpc) is 2.16. The number of pyridine rings is 1. The molecule has 86 valence electrons. The lowest BCUT2D eigenvalue weighted by molar-refractivity contribution is -0.137. The molecule has 6 heteroatoms. The summed E-state index contributed by atoms with van der Waals surface area (Å²) in [6.07, 6.45) is 2.35. The molecule has 0 aliphatic heterocycles. The maximum atomic E-state index is 11.5. The Hall–Kier alpha value is -2.11. The maximum Gasteiger partial charge on any atom is 0.305 e. The SMILES string of the molecule is CC(CC(=O)O)NC(=O)c1cncc(O)c1. The lowest BCUT2D eigenvalue weighted by Crippen LogP contribution is -2.34. The number of nitrogens with zero attached hydrogens (tertiary/aromatic N) is 1. The van der Waals surface area contributed by atoms with Crippen LogP contribution in [0.5, 0.6) is 5.75 Å². The van der Waals surface area contributed by atoms with Gasteiger partial charge in [-0.25, -0.2) is 0 Å². The molecule has 0 aliphatic carbocycles. The molecule has 16 heavy (non-hydrogen) atoms. The quantitative estimate of drug-likeness (QED) is 0.686. The summed E-state index contributed by atoms with van der Waals surface area (Å²) < 4.78 is 0. The van der Waals surface area contributed by atoms with Crippen LogP contribution in [0.4, 0.5) is 0 Å². The van der Waals surface area contributed by atoms with Crippen LogP contribution in [0.2, 0.25) is 0 Å². The minimum absolute atomic E-state index is 0.112. The molecule has 1 atom stereocenters. The topological polar surface area (TPSA) is 99.5 Å². The molecule has 0 spiro atoms. The third-order valence-electron chi connectivity index (χ3n) is 1.84. The minimum atomic E-state index is -0.984. The summed E-state index contributed by atoms with van der Waals surface area (Å²) in [6.45, 7) is 1.59. The summed E-state index contributed by atoms with van der Waals surface area (Å²) in [5, 5.41) is 20.1. The molecule has 1 unspecified atom stereocenters. The summed E-state index contributed by atoms with van der Waals surface area (Å²) in [7, 11) is 0. The van der Waals surface area contributed by atoms with Crippen molar-refractivity contribution in [3.63, 3.8) is 0 Å². The third kappa shape index (κ3) is 3.56. The maximum absolute atomic E-state index is 11.5. The number of carbonyl (C=O) groups is 2. The number of carbonyl (C=O) groups excluding carboxylic acids is 1. The van der Waals surface area contributed by atoms with Gasteiger partial charge in [-0.05, 0) is 13.0 Å². The van der Waals surface area contributed by atoms with Crippen LogP contribution < -0.4 is 5.32 Å². The smallest absolute Gasteiger partial charge is 0.305 e. The van der Waals surface area contributed by atoms with Crippen LogP contribution in [0.1, 0.15) is 23.7 Å². The first kappa shape index (κ1) is 12.0. The Morgan fingerprint density at radius 1 is 1.50 bits per heavy atom. The molecule has 0 fully saturated rings. The van der Waals surface area contributed by atoms with Crippen LogP contribution in [0, 0.1) is 0 Å². The highest BCUT2D eigenvalue weighted by molar-refractivity contribution is 5.94. The molecule has 0 aromatic carbocycles. The second-order valence-electron chi connectivity index (χ2n) is 3.40. The first-order valence-corrected chi connectivity index (χ1v) is 4.65. The molecule has 1 aromatic heterocycles. The predicted octanol–water partition coefficient (Wildman–Crippen LogP) is 0.380. The number of carboxylic acids is 1. The van der Waals surface area contributed by atoms with Crippen LogP contribution in [-0.4, -0.2) is 33.1 Å². The van der Waals surface area contributed by atoms with Crippen molar-refractivity contribution in [1.29, 1.82) is 0 Å². The van der Waals surface area contributed by atoms with E-state index < -0.39 is 17.9 Å². The molecule has 0 radical (unpaired) electrons. The van der Waals surface area contributed by atoms with Gasteiger partial charge >= 0.3 is 5.97 Å². The molecule has 0 bridgehead atoms. The molecule has 1 amide bonds. The summed E-state index contributed by atoms with van der Waals surface area (Å²) in [5.74, 6) is -1.56. The van der Waals surface area contributed by atoms with E-state index in [9.17, 15) is 9.59 Å². The normalized spacial score (nSPS) is 11.8. The van der Waals surface area contributed by atoms with Gasteiger partial charge in [0, 0.05) is 12.2 Å². The summed E-state index contributed by atoms with van der Waals surface area (Å²) in [4.78, 5) is 25.6. The Balaban J connectivity index is 2.62. The first-order valence-electron chi connectivity index (χ1n) is 4.65. The Morgan fingerprint density at radius 2 is 2.19 bits per heavy atom. The Morgan fingerprint density at radius 3 is 2.75 bits per heavy atom. The number of aromatic nitrogens is 1. The first-order chi connectivity index (χ1) is 7.49. The highest BCUT2D eigenvalue weighted by atomic mass is 16.4. The van der Waals surface area contributed by atoms with E-state index in [0.29, 0.717) is 0 Å². The predicted molar refractivity (Wildman–Crippen MR) is 55.1 cm³/mol. The Labute approximate surface area is 91.9 Å². The van der Waals surface area contributed by atoms with Crippen LogP contribution in [-0.2, 0) is 4.79 Å². The molecule has 0 aliphatic rings. The van der Waals surface area contributed by atoms with Crippen molar-refractivity contribution in [1.82, 2.24) is 10.3 Å². The minimum Gasteiger partial charge on any atom is -0.506 e. The van der Waals surface area contributed by atoms with Crippen molar-refractivity contribution in [3.8, 4) is 5.75 Å². The number of amides is 1. The van der Waals surface area contributed by atoms with E-state index in [4.69, 9.17) is 10.2 Å². The van der Waals surface area contributed by atoms with Gasteiger partial charge in [0.1, 0.15) is 5.75 Å². The highest BCUT2D eigenvalue weighted by Gasteiger charge is 2.12. The fourth-order valence-electron chi connectivity index (χ4n) is 1.17. The van der Waals surface area contributed by atoms with Crippen molar-refractivity contribution < 1.29 is 19.8 Å². The third-order valence-corrected chi connectivity index (χ3v) is 1.84. The molecular weight excluding hydrogens is 212 g/mol. The number of carboxylic acid groups (broad SMARTS) is 1. The second-order valence-corrected chi connectivity index (χ2v) is 3.40. The van der Waals surface area contributed by atoms with Crippen molar-refractivity contribution in [2.75, 3.05) is 0 Å². The Bertz CT molecular complexity index is 406. The number of aromatic hydroxyl groups is 1. The van der Waals surface area contributed by atoms with Gasteiger partial charge in [0.2, 0.25) is 0 Å². The van der Waals surface area contributed by atoms with Crippen LogP contribution in [0.15, 0.2) is 18.5 Å². The zero-order chi connectivity index (χ0) is 12.1. The highest BCUT2D eigenvalue weighted by Crippen LogP contribution is 2.08. The lowest BCUT2D eigenvalue weighted by Gasteiger charge is -2.11. The van der Waals surface area contributed by atoms with Crippen LogP contribution in [0.3, 0.4) is 0 Å². The van der Waals surface area contributed by atoms with Gasteiger partial charge in [0.05, 0.1) is 18.2 Å². The second kappa shape index (κ2) is 5.11. The number of hydrogen-bond donors (Lipinski definition) is 3. The summed E-state index contributed by atoms with van der Waals surface area (Å²) in [6, 6.07) is 0.780. The zero-order valence-corrected chi connectivity index (χ0v) is 8.67. The van der Waals surface area contributed by atoms with Gasteiger partial charge in [0.25, 0.3) is 5.91 Å². The molecule has 1 rings (SSSR count). The van der Waals surface area contributed by atoms with Crippen molar-refractivity contribution in [3.05, 3.63) is 24.0 Å². The lowest BCUT2D eigenvalue weighted by atomic mass is 10.2. The molecule has 6 nitrogen and oxygen atoms in total. The van der Waals surface area contributed by atoms with Gasteiger partial charge in [-0.3, -0.25) is 14.6 Å². The number of aliphatic carboxylic acids is 1. The van der Waals surface area contributed by atoms with E-state index in [-0.39, 0.29) is 17.7 Å². The number of nitrogens with one attached hydrogen (secondary N) is 1. The van der Waals surface area contributed by atoms with E-state index >= 15 is 0 Å². The molecule has 1 heterocycles. The van der Waals surface area contributed by atoms with E-state index in [1.165, 1.54) is 18.5 Å². The zero-order valence-electron chi connectivity index (χ0n) is 8.67. The monoisotopic (exact) mass is 224 g/mol. The fraction of sp³-hybridized carbons (Fsp3) is 0.300. The molecule has 0 saturated heterocycles. The summed E-state index contributed by atoms with van der Waals surface area (Å²) in [5.41, 5.74) is 0.192. The Kier molecular flexibility index (Phi) is 3.82. The number of rotatable bonds is 4. The standard InChI is InChI=1S/C10H12N2O4/c1-6(2-9(14)15)12-10(16)7-3-8(13)5-11-4-7/h3-6,13H,2H2,1H3,(H,12,16)(H,14,15). The fourth-order valence-corrected chi connectivity index (χ4v) is 1.17. The average molecular weight is 224 g/mol. The van der Waals surface area contributed by atoms with Crippen molar-refractivity contribution >= 4 is 11.9 Å². The van der Waals surface area contributed by atoms with Crippen LogP contribution >= 0.6 is 0 Å². The van der Waals surface area contributed by atoms with Gasteiger partial charge in [-0.15, -0.1) is 0 Å². The molecule has 3 N–H and O–H groups in total. The van der Waals surface area contributed by atoms with Crippen molar-refractivity contribution in [2.45, 2.75) is 19.4 Å². The van der Waals surface area contributed by atoms with E-state index in [1.807, 2.05) is 0 Å². The largest absolute Gasteiger partial charge is 0.506 e. The van der Waals surface area contributed by atoms with Gasteiger partial charge < -0.3 is 15.5 Å².